The second-order valence-electron chi connectivity index (χ2n) is 6.53. The van der Waals surface area contributed by atoms with Gasteiger partial charge >= 0.3 is 0 Å². The van der Waals surface area contributed by atoms with Crippen LogP contribution in [0.5, 0.6) is 0 Å². The molecule has 2 heterocycles. The molecule has 1 aliphatic heterocycles. The van der Waals surface area contributed by atoms with E-state index in [0.717, 1.165) is 28.9 Å². The third-order valence-corrected chi connectivity index (χ3v) is 5.78. The number of benzene rings is 1. The van der Waals surface area contributed by atoms with Crippen molar-refractivity contribution in [3.63, 3.8) is 0 Å². The fourth-order valence-corrected chi connectivity index (χ4v) is 4.08. The molecular weight excluding hydrogens is 334 g/mol. The van der Waals surface area contributed by atoms with Crippen molar-refractivity contribution in [2.45, 2.75) is 44.7 Å². The van der Waals surface area contributed by atoms with E-state index in [4.69, 9.17) is 0 Å². The number of anilines is 1. The molecule has 1 N–H and O–H groups in total. The van der Waals surface area contributed by atoms with Gasteiger partial charge in [-0.2, -0.15) is 4.98 Å². The van der Waals surface area contributed by atoms with E-state index in [-0.39, 0.29) is 23.8 Å². The SMILES string of the molecule is CCCSc1nc(=O)c2c(n1C)NC(=O)CC2c1cc(C)ccc1C. The molecule has 0 saturated heterocycles. The van der Waals surface area contributed by atoms with E-state index < -0.39 is 0 Å². The van der Waals surface area contributed by atoms with Crippen LogP contribution in [0.25, 0.3) is 0 Å². The second-order valence-corrected chi connectivity index (χ2v) is 7.60. The Balaban J connectivity index is 2.18. The first-order valence-electron chi connectivity index (χ1n) is 8.53. The molecule has 1 amide bonds. The Morgan fingerprint density at radius 1 is 1.32 bits per heavy atom. The number of nitrogens with one attached hydrogen (secondary N) is 1. The average molecular weight is 357 g/mol. The van der Waals surface area contributed by atoms with Gasteiger partial charge in [-0.25, -0.2) is 0 Å². The summed E-state index contributed by atoms with van der Waals surface area (Å²) in [6.45, 7) is 6.12. The number of fused-ring (bicyclic) bond motifs is 1. The highest BCUT2D eigenvalue weighted by Crippen LogP contribution is 2.37. The lowest BCUT2D eigenvalue weighted by Gasteiger charge is -2.28. The van der Waals surface area contributed by atoms with Gasteiger partial charge in [-0.1, -0.05) is 42.4 Å². The van der Waals surface area contributed by atoms with Crippen LogP contribution in [0, 0.1) is 13.8 Å². The fraction of sp³-hybridized carbons (Fsp3) is 0.421. The van der Waals surface area contributed by atoms with Gasteiger partial charge in [0.15, 0.2) is 5.16 Å². The highest BCUT2D eigenvalue weighted by molar-refractivity contribution is 7.99. The molecule has 0 aliphatic carbocycles. The van der Waals surface area contributed by atoms with E-state index in [1.165, 1.54) is 11.8 Å². The van der Waals surface area contributed by atoms with Crippen LogP contribution < -0.4 is 10.9 Å². The zero-order valence-corrected chi connectivity index (χ0v) is 15.9. The Morgan fingerprint density at radius 3 is 2.80 bits per heavy atom. The summed E-state index contributed by atoms with van der Waals surface area (Å²) in [5.74, 6) is 1.15. The van der Waals surface area contributed by atoms with Crippen molar-refractivity contribution in [1.82, 2.24) is 9.55 Å². The first-order valence-corrected chi connectivity index (χ1v) is 9.51. The summed E-state index contributed by atoms with van der Waals surface area (Å²) in [6, 6.07) is 6.16. The maximum absolute atomic E-state index is 12.8. The molecule has 0 radical (unpaired) electrons. The van der Waals surface area contributed by atoms with E-state index in [1.807, 2.05) is 37.6 Å². The molecule has 3 rings (SSSR count). The molecule has 1 atom stereocenters. The quantitative estimate of drug-likeness (QED) is 0.673. The van der Waals surface area contributed by atoms with Crippen LogP contribution in [0.3, 0.4) is 0 Å². The molecule has 0 fully saturated rings. The summed E-state index contributed by atoms with van der Waals surface area (Å²) >= 11 is 1.54. The Bertz CT molecular complexity index is 889. The average Bonchev–Trinajstić information content (AvgIpc) is 2.58. The number of aromatic nitrogens is 2. The maximum Gasteiger partial charge on any atom is 0.279 e. The Labute approximate surface area is 151 Å². The number of hydrogen-bond acceptors (Lipinski definition) is 4. The molecule has 1 aromatic carbocycles. The lowest BCUT2D eigenvalue weighted by molar-refractivity contribution is -0.116. The van der Waals surface area contributed by atoms with Gasteiger partial charge in [0.2, 0.25) is 5.91 Å². The highest BCUT2D eigenvalue weighted by Gasteiger charge is 2.32. The van der Waals surface area contributed by atoms with Crippen LogP contribution in [0.1, 0.15) is 47.9 Å². The number of amides is 1. The van der Waals surface area contributed by atoms with Crippen molar-refractivity contribution in [2.24, 2.45) is 7.05 Å². The predicted octanol–water partition coefficient (Wildman–Crippen LogP) is 3.37. The van der Waals surface area contributed by atoms with Crippen molar-refractivity contribution in [3.8, 4) is 0 Å². The lowest BCUT2D eigenvalue weighted by atomic mass is 9.84. The van der Waals surface area contributed by atoms with Crippen LogP contribution in [-0.2, 0) is 11.8 Å². The van der Waals surface area contributed by atoms with E-state index in [2.05, 4.69) is 23.3 Å². The van der Waals surface area contributed by atoms with Crippen molar-refractivity contribution in [1.29, 1.82) is 0 Å². The molecule has 25 heavy (non-hydrogen) atoms. The summed E-state index contributed by atoms with van der Waals surface area (Å²) in [5.41, 5.74) is 3.59. The van der Waals surface area contributed by atoms with E-state index in [9.17, 15) is 9.59 Å². The highest BCUT2D eigenvalue weighted by atomic mass is 32.2. The van der Waals surface area contributed by atoms with E-state index in [1.54, 1.807) is 0 Å². The molecule has 1 unspecified atom stereocenters. The first kappa shape index (κ1) is 17.7. The van der Waals surface area contributed by atoms with Crippen molar-refractivity contribution in [3.05, 3.63) is 50.8 Å². The van der Waals surface area contributed by atoms with Gasteiger partial charge in [-0.15, -0.1) is 0 Å². The minimum Gasteiger partial charge on any atom is -0.312 e. The van der Waals surface area contributed by atoms with Crippen LogP contribution in [0.2, 0.25) is 0 Å². The largest absolute Gasteiger partial charge is 0.312 e. The Hall–Kier alpha value is -2.08. The number of carbonyl (C=O) groups excluding carboxylic acids is 1. The van der Waals surface area contributed by atoms with Crippen molar-refractivity contribution in [2.75, 3.05) is 11.1 Å². The lowest BCUT2D eigenvalue weighted by Crippen LogP contribution is -2.33. The molecule has 0 spiro atoms. The standard InChI is InChI=1S/C19H23N3O2S/c1-5-8-25-19-21-18(24)16-14(10-15(23)20-17(16)22(19)4)13-9-11(2)6-7-12(13)3/h6-7,9,14H,5,8,10H2,1-4H3,(H,20,23). The molecule has 5 nitrogen and oxygen atoms in total. The zero-order chi connectivity index (χ0) is 18.1. The van der Waals surface area contributed by atoms with Crippen LogP contribution >= 0.6 is 11.8 Å². The smallest absolute Gasteiger partial charge is 0.279 e. The summed E-state index contributed by atoms with van der Waals surface area (Å²) in [4.78, 5) is 29.4. The summed E-state index contributed by atoms with van der Waals surface area (Å²) < 4.78 is 1.84. The van der Waals surface area contributed by atoms with E-state index >= 15 is 0 Å². The summed E-state index contributed by atoms with van der Waals surface area (Å²) in [5, 5.41) is 3.54. The number of rotatable bonds is 4. The zero-order valence-electron chi connectivity index (χ0n) is 15.0. The third-order valence-electron chi connectivity index (χ3n) is 4.55. The van der Waals surface area contributed by atoms with Gasteiger partial charge < -0.3 is 9.88 Å². The molecule has 6 heteroatoms. The molecule has 1 aliphatic rings. The topological polar surface area (TPSA) is 64.0 Å². The molecule has 1 aromatic heterocycles. The molecular formula is C19H23N3O2S. The number of aryl methyl sites for hydroxylation is 2. The molecule has 0 bridgehead atoms. The van der Waals surface area contributed by atoms with Crippen LogP contribution in [0.15, 0.2) is 28.2 Å². The first-order chi connectivity index (χ1) is 11.9. The minimum absolute atomic E-state index is 0.0638. The van der Waals surface area contributed by atoms with Gasteiger partial charge in [-0.05, 0) is 31.4 Å². The molecule has 132 valence electrons. The summed E-state index contributed by atoms with van der Waals surface area (Å²) in [7, 11) is 1.86. The normalized spacial score (nSPS) is 16.5. The van der Waals surface area contributed by atoms with Crippen LogP contribution in [0.4, 0.5) is 5.82 Å². The number of carbonyl (C=O) groups is 1. The van der Waals surface area contributed by atoms with Gasteiger partial charge in [0.05, 0.1) is 5.56 Å². The third kappa shape index (κ3) is 3.35. The van der Waals surface area contributed by atoms with Crippen molar-refractivity contribution >= 4 is 23.5 Å². The minimum atomic E-state index is -0.250. The Morgan fingerprint density at radius 2 is 2.08 bits per heavy atom. The van der Waals surface area contributed by atoms with Gasteiger partial charge in [-0.3, -0.25) is 9.59 Å². The van der Waals surface area contributed by atoms with Gasteiger partial charge in [0.1, 0.15) is 5.82 Å². The second kappa shape index (κ2) is 7.04. The van der Waals surface area contributed by atoms with E-state index in [0.29, 0.717) is 16.5 Å². The summed E-state index contributed by atoms with van der Waals surface area (Å²) in [6.07, 6.45) is 1.27. The number of thioether (sulfide) groups is 1. The van der Waals surface area contributed by atoms with Gasteiger partial charge in [0.25, 0.3) is 5.56 Å². The predicted molar refractivity (Wildman–Crippen MR) is 101 cm³/mol. The van der Waals surface area contributed by atoms with Crippen molar-refractivity contribution < 1.29 is 4.79 Å². The van der Waals surface area contributed by atoms with Crippen LogP contribution in [-0.4, -0.2) is 21.2 Å². The molecule has 2 aromatic rings. The monoisotopic (exact) mass is 357 g/mol. The molecule has 0 saturated carbocycles. The Kier molecular flexibility index (Phi) is 4.99. The number of nitrogens with zero attached hydrogens (tertiary/aromatic N) is 2. The van der Waals surface area contributed by atoms with Gasteiger partial charge in [0, 0.05) is 25.1 Å². The fourth-order valence-electron chi connectivity index (χ4n) is 3.26. The maximum atomic E-state index is 12.8. The number of hydrogen-bond donors (Lipinski definition) is 1.